The average molecular weight is 557 g/mol. The molecule has 0 aliphatic carbocycles. The van der Waals surface area contributed by atoms with Crippen molar-refractivity contribution in [1.82, 2.24) is 32.1 Å². The molecule has 6 N–H and O–H groups in total. The Bertz CT molecular complexity index is 1030. The number of ether oxygens (including phenoxy) is 2. The summed E-state index contributed by atoms with van der Waals surface area (Å²) in [6.07, 6.45) is -2.59. The molecule has 0 saturated heterocycles. The summed E-state index contributed by atoms with van der Waals surface area (Å²) >= 11 is 0. The largest absolute Gasteiger partial charge is 0.444 e. The maximum Gasteiger partial charge on any atom is 0.409 e. The third-order valence-corrected chi connectivity index (χ3v) is 4.85. The van der Waals surface area contributed by atoms with Gasteiger partial charge in [0.15, 0.2) is 0 Å². The van der Waals surface area contributed by atoms with Crippen LogP contribution in [0.1, 0.15) is 52.7 Å². The molecule has 0 aliphatic rings. The zero-order valence-corrected chi connectivity index (χ0v) is 23.8. The van der Waals surface area contributed by atoms with Crippen molar-refractivity contribution < 1.29 is 28.7 Å². The molecule has 2 unspecified atom stereocenters. The van der Waals surface area contributed by atoms with E-state index < -0.39 is 47.8 Å². The number of alkyl carbamates (subject to hydrolysis) is 2. The maximum absolute atomic E-state index is 12.6. The van der Waals surface area contributed by atoms with Crippen LogP contribution >= 0.6 is 0 Å². The van der Waals surface area contributed by atoms with Gasteiger partial charge in [-0.1, -0.05) is 60.7 Å². The van der Waals surface area contributed by atoms with Crippen molar-refractivity contribution >= 4 is 24.2 Å². The van der Waals surface area contributed by atoms with Crippen LogP contribution in [0.3, 0.4) is 0 Å². The topological polar surface area (TPSA) is 159 Å². The Labute approximate surface area is 234 Å². The lowest BCUT2D eigenvalue weighted by molar-refractivity contribution is 0.0484. The minimum absolute atomic E-state index is 0.263. The van der Waals surface area contributed by atoms with Gasteiger partial charge in [0.25, 0.3) is 0 Å². The van der Waals surface area contributed by atoms with Crippen LogP contribution in [0.5, 0.6) is 0 Å². The number of amides is 6. The first-order valence-corrected chi connectivity index (χ1v) is 12.9. The average Bonchev–Trinajstić information content (AvgIpc) is 2.81. The summed E-state index contributed by atoms with van der Waals surface area (Å²) in [6, 6.07) is 16.9. The van der Waals surface area contributed by atoms with Crippen molar-refractivity contribution in [2.75, 3.05) is 0 Å². The van der Waals surface area contributed by atoms with E-state index in [0.717, 1.165) is 11.1 Å². The minimum atomic E-state index is -0.846. The fourth-order valence-corrected chi connectivity index (χ4v) is 3.38. The summed E-state index contributed by atoms with van der Waals surface area (Å²) in [6.45, 7) is 10.4. The molecular formula is C28H40N6O6. The van der Waals surface area contributed by atoms with Crippen LogP contribution in [0.2, 0.25) is 0 Å². The molecule has 0 spiro atoms. The third-order valence-electron chi connectivity index (χ3n) is 4.85. The third kappa shape index (κ3) is 13.9. The quantitative estimate of drug-likeness (QED) is 0.215. The number of carbonyl (C=O) groups is 4. The number of hydrogen-bond acceptors (Lipinski definition) is 6. The molecule has 2 atom stereocenters. The number of urea groups is 2. The van der Waals surface area contributed by atoms with E-state index >= 15 is 0 Å². The highest BCUT2D eigenvalue weighted by molar-refractivity contribution is 5.81. The van der Waals surface area contributed by atoms with Crippen molar-refractivity contribution in [2.24, 2.45) is 0 Å². The van der Waals surface area contributed by atoms with E-state index in [1.807, 2.05) is 60.7 Å². The van der Waals surface area contributed by atoms with E-state index in [-0.39, 0.29) is 12.8 Å². The second-order valence-electron chi connectivity index (χ2n) is 11.0. The summed E-state index contributed by atoms with van der Waals surface area (Å²) in [5, 5.41) is 10.4. The Morgan fingerprint density at radius 3 is 1.20 bits per heavy atom. The molecule has 0 fully saturated rings. The van der Waals surface area contributed by atoms with Gasteiger partial charge in [-0.25, -0.2) is 30.0 Å². The number of rotatable bonds is 8. The Hall–Kier alpha value is -4.48. The van der Waals surface area contributed by atoms with Crippen molar-refractivity contribution in [3.8, 4) is 0 Å². The number of hydrazine groups is 1. The molecule has 0 bridgehead atoms. The predicted molar refractivity (Wildman–Crippen MR) is 150 cm³/mol. The Morgan fingerprint density at radius 2 is 0.900 bits per heavy atom. The molecule has 0 aromatic heterocycles. The molecule has 0 heterocycles. The van der Waals surface area contributed by atoms with Crippen molar-refractivity contribution in [3.05, 3.63) is 71.8 Å². The lowest BCUT2D eigenvalue weighted by Crippen LogP contribution is -2.59. The lowest BCUT2D eigenvalue weighted by atomic mass is 10.1. The van der Waals surface area contributed by atoms with Gasteiger partial charge < -0.3 is 30.7 Å². The first kappa shape index (κ1) is 31.7. The zero-order valence-electron chi connectivity index (χ0n) is 23.8. The van der Waals surface area contributed by atoms with Crippen LogP contribution in [0, 0.1) is 0 Å². The SMILES string of the molecule is CC(C)(C)OC(=O)NC(Cc1ccccc1)NC(=O)NNC(=O)NC(Cc1ccccc1)NC(=O)OC(C)(C)C. The molecule has 12 heteroatoms. The van der Waals surface area contributed by atoms with Crippen LogP contribution in [0.15, 0.2) is 60.7 Å². The highest BCUT2D eigenvalue weighted by Crippen LogP contribution is 2.09. The maximum atomic E-state index is 12.6. The van der Waals surface area contributed by atoms with Crippen molar-refractivity contribution in [3.63, 3.8) is 0 Å². The van der Waals surface area contributed by atoms with Crippen LogP contribution < -0.4 is 32.1 Å². The highest BCUT2D eigenvalue weighted by Gasteiger charge is 2.23. The molecule has 12 nitrogen and oxygen atoms in total. The Balaban J connectivity index is 1.97. The summed E-state index contributed by atoms with van der Waals surface area (Å²) < 4.78 is 10.6. The number of nitrogens with one attached hydrogen (secondary N) is 6. The molecule has 2 aromatic rings. The van der Waals surface area contributed by atoms with Gasteiger partial charge in [0, 0.05) is 12.8 Å². The Kier molecular flexibility index (Phi) is 11.6. The fourth-order valence-electron chi connectivity index (χ4n) is 3.38. The van der Waals surface area contributed by atoms with Crippen LogP contribution in [-0.4, -0.2) is 47.8 Å². The Morgan fingerprint density at radius 1 is 0.575 bits per heavy atom. The molecule has 0 radical (unpaired) electrons. The van der Waals surface area contributed by atoms with Gasteiger partial charge in [-0.2, -0.15) is 0 Å². The minimum Gasteiger partial charge on any atom is -0.444 e. The van der Waals surface area contributed by atoms with Gasteiger partial charge in [0.2, 0.25) is 0 Å². The summed E-state index contributed by atoms with van der Waals surface area (Å²) in [7, 11) is 0. The smallest absolute Gasteiger partial charge is 0.409 e. The van der Waals surface area contributed by atoms with Crippen LogP contribution in [-0.2, 0) is 22.3 Å². The molecule has 6 amide bonds. The van der Waals surface area contributed by atoms with E-state index in [1.54, 1.807) is 41.5 Å². The zero-order chi connectivity index (χ0) is 29.8. The monoisotopic (exact) mass is 556 g/mol. The summed E-state index contributed by atoms with van der Waals surface area (Å²) in [5.41, 5.74) is 4.71. The van der Waals surface area contributed by atoms with Gasteiger partial charge >= 0.3 is 24.2 Å². The van der Waals surface area contributed by atoms with Crippen LogP contribution in [0.25, 0.3) is 0 Å². The van der Waals surface area contributed by atoms with E-state index in [9.17, 15) is 19.2 Å². The molecule has 0 saturated carbocycles. The second kappa shape index (κ2) is 14.6. The normalized spacial score (nSPS) is 12.7. The van der Waals surface area contributed by atoms with Gasteiger partial charge in [0.05, 0.1) is 0 Å². The molecule has 2 aromatic carbocycles. The van der Waals surface area contributed by atoms with Crippen molar-refractivity contribution in [2.45, 2.75) is 77.9 Å². The molecular weight excluding hydrogens is 516 g/mol. The van der Waals surface area contributed by atoms with E-state index in [1.165, 1.54) is 0 Å². The summed E-state index contributed by atoms with van der Waals surface area (Å²) in [4.78, 5) is 49.8. The molecule has 0 aliphatic heterocycles. The first-order valence-electron chi connectivity index (χ1n) is 12.9. The lowest BCUT2D eigenvalue weighted by Gasteiger charge is -2.25. The number of carbonyl (C=O) groups excluding carboxylic acids is 4. The summed E-state index contributed by atoms with van der Waals surface area (Å²) in [5.74, 6) is 0. The first-order chi connectivity index (χ1) is 18.7. The number of hydrogen-bond donors (Lipinski definition) is 6. The van der Waals surface area contributed by atoms with Gasteiger partial charge in [0.1, 0.15) is 23.5 Å². The van der Waals surface area contributed by atoms with E-state index in [2.05, 4.69) is 32.1 Å². The molecule has 2 rings (SSSR count). The van der Waals surface area contributed by atoms with Crippen LogP contribution in [0.4, 0.5) is 19.2 Å². The van der Waals surface area contributed by atoms with Gasteiger partial charge in [-0.05, 0) is 52.7 Å². The van der Waals surface area contributed by atoms with E-state index in [0.29, 0.717) is 0 Å². The second-order valence-corrected chi connectivity index (χ2v) is 11.0. The molecule has 40 heavy (non-hydrogen) atoms. The van der Waals surface area contributed by atoms with Gasteiger partial charge in [-0.15, -0.1) is 0 Å². The fraction of sp³-hybridized carbons (Fsp3) is 0.429. The van der Waals surface area contributed by atoms with E-state index in [4.69, 9.17) is 9.47 Å². The highest BCUT2D eigenvalue weighted by atomic mass is 16.6. The van der Waals surface area contributed by atoms with Crippen molar-refractivity contribution in [1.29, 1.82) is 0 Å². The van der Waals surface area contributed by atoms with Gasteiger partial charge in [-0.3, -0.25) is 0 Å². The standard InChI is InChI=1S/C28H40N6O6/c1-27(2,3)39-25(37)31-21(17-19-13-9-7-10-14-19)29-23(35)33-34-24(36)30-22(18-20-15-11-8-12-16-20)32-26(38)40-28(4,5)6/h7-16,21-22H,17-18H2,1-6H3,(H,31,37)(H,32,38)(H2,29,33,35)(H2,30,34,36). The molecule has 218 valence electrons. The predicted octanol–water partition coefficient (Wildman–Crippen LogP) is 3.69. The number of benzene rings is 2.